The second-order valence-electron chi connectivity index (χ2n) is 15.8. The van der Waals surface area contributed by atoms with Gasteiger partial charge in [-0.1, -0.05) is 130 Å². The fraction of sp³-hybridized carbons (Fsp3) is 0.620. The third-order valence-corrected chi connectivity index (χ3v) is 10.4. The number of hydrogen-bond acceptors (Lipinski definition) is 13. The number of hydrogen-bond donors (Lipinski definition) is 9. The molecule has 0 radical (unpaired) electrons. The lowest BCUT2D eigenvalue weighted by molar-refractivity contribution is -0.359. The lowest BCUT2D eigenvalue weighted by Crippen LogP contribution is -2.65. The van der Waals surface area contributed by atoms with Crippen molar-refractivity contribution in [3.05, 3.63) is 109 Å². The number of aliphatic hydroxyl groups is 8. The molecule has 2 saturated heterocycles. The molecule has 0 aliphatic carbocycles. The summed E-state index contributed by atoms with van der Waals surface area (Å²) >= 11 is 0. The van der Waals surface area contributed by atoms with E-state index in [1.165, 1.54) is 0 Å². The van der Waals surface area contributed by atoms with Crippen LogP contribution in [0.15, 0.2) is 109 Å². The van der Waals surface area contributed by atoms with Gasteiger partial charge >= 0.3 is 0 Å². The zero-order valence-corrected chi connectivity index (χ0v) is 38.0. The second-order valence-corrected chi connectivity index (χ2v) is 15.8. The van der Waals surface area contributed by atoms with Crippen molar-refractivity contribution < 1.29 is 64.6 Å². The Bertz CT molecular complexity index is 1490. The van der Waals surface area contributed by atoms with E-state index in [0.29, 0.717) is 12.8 Å². The van der Waals surface area contributed by atoms with E-state index in [1.54, 1.807) is 6.08 Å². The summed E-state index contributed by atoms with van der Waals surface area (Å²) in [5, 5.41) is 86.3. The predicted molar refractivity (Wildman–Crippen MR) is 249 cm³/mol. The van der Waals surface area contributed by atoms with E-state index < -0.39 is 86.8 Å². The molecule has 1 amide bonds. The lowest BCUT2D eigenvalue weighted by Gasteiger charge is -2.46. The molecule has 9 N–H and O–H groups in total. The van der Waals surface area contributed by atoms with Crippen molar-refractivity contribution in [1.82, 2.24) is 5.32 Å². The standard InChI is InChI=1S/C50H79NO13/c1-3-5-7-9-11-13-15-16-17-18-19-20-21-22-24-26-28-30-32-34-42(55)51-38(39(54)33-31-29-27-25-23-14-12-10-8-6-4-2)37-61-49-47(60)45(58)48(41(36-53)63-49)64-50-46(59)44(57)43(56)40(35-52)62-50/h5,7-8,10-11,13,16-17,19-20,22-25,28,30-31,33,38-41,43-50,52-54,56-60H,3-4,6,9,12,14-15,18,21,26-27,29,32,34-37H2,1-2H3,(H,51,55)/b7-5-,10-8+,13-11-,17-16-,20-19-,24-22-,25-23+,30-28-,33-31+. The summed E-state index contributed by atoms with van der Waals surface area (Å²) in [6.45, 7) is 2.46. The number of ether oxygens (including phenoxy) is 4. The Morgan fingerprint density at radius 2 is 1.03 bits per heavy atom. The van der Waals surface area contributed by atoms with Gasteiger partial charge in [0, 0.05) is 6.42 Å². The first kappa shape index (κ1) is 56.8. The minimum Gasteiger partial charge on any atom is -0.394 e. The summed E-state index contributed by atoms with van der Waals surface area (Å²) in [7, 11) is 0. The van der Waals surface area contributed by atoms with Gasteiger partial charge in [0.2, 0.25) is 5.91 Å². The Kier molecular flexibility index (Phi) is 31.8. The van der Waals surface area contributed by atoms with Crippen molar-refractivity contribution in [2.24, 2.45) is 0 Å². The minimum atomic E-state index is -1.80. The molecule has 14 nitrogen and oxygen atoms in total. The van der Waals surface area contributed by atoms with E-state index in [9.17, 15) is 45.6 Å². The highest BCUT2D eigenvalue weighted by Crippen LogP contribution is 2.29. The first-order chi connectivity index (χ1) is 31.1. The van der Waals surface area contributed by atoms with Gasteiger partial charge in [-0.05, 0) is 77.0 Å². The molecule has 2 fully saturated rings. The summed E-state index contributed by atoms with van der Waals surface area (Å²) in [5.41, 5.74) is 0. The van der Waals surface area contributed by atoms with Crippen LogP contribution in [-0.2, 0) is 23.7 Å². The van der Waals surface area contributed by atoms with Crippen LogP contribution < -0.4 is 5.32 Å². The summed E-state index contributed by atoms with van der Waals surface area (Å²) in [5.74, 6) is -0.345. The number of amides is 1. The molecule has 2 aliphatic heterocycles. The molecule has 2 rings (SSSR count). The first-order valence-corrected chi connectivity index (χ1v) is 23.1. The van der Waals surface area contributed by atoms with E-state index in [2.05, 4.69) is 104 Å². The molecular weight excluding hydrogens is 823 g/mol. The van der Waals surface area contributed by atoms with Gasteiger partial charge in [0.15, 0.2) is 12.6 Å². The number of carbonyl (C=O) groups excluding carboxylic acids is 1. The third kappa shape index (κ3) is 23.2. The van der Waals surface area contributed by atoms with Crippen LogP contribution in [0.4, 0.5) is 0 Å². The number of allylic oxidation sites excluding steroid dienone is 17. The van der Waals surface area contributed by atoms with Gasteiger partial charge < -0.3 is 65.1 Å². The van der Waals surface area contributed by atoms with Crippen molar-refractivity contribution >= 4 is 5.91 Å². The van der Waals surface area contributed by atoms with Gasteiger partial charge in [0.05, 0.1) is 32.0 Å². The highest BCUT2D eigenvalue weighted by atomic mass is 16.7. The monoisotopic (exact) mass is 902 g/mol. The van der Waals surface area contributed by atoms with E-state index in [4.69, 9.17) is 18.9 Å². The van der Waals surface area contributed by atoms with Crippen molar-refractivity contribution in [3.8, 4) is 0 Å². The fourth-order valence-corrected chi connectivity index (χ4v) is 6.64. The maximum Gasteiger partial charge on any atom is 0.220 e. The summed E-state index contributed by atoms with van der Waals surface area (Å²) < 4.78 is 22.5. The molecule has 0 aromatic carbocycles. The van der Waals surface area contributed by atoms with Crippen LogP contribution >= 0.6 is 0 Å². The molecule has 0 saturated carbocycles. The van der Waals surface area contributed by atoms with Crippen LogP contribution in [-0.4, -0.2) is 140 Å². The molecular formula is C50H79NO13. The van der Waals surface area contributed by atoms with Gasteiger partial charge in [0.1, 0.15) is 48.8 Å². The Hall–Kier alpha value is -3.35. The predicted octanol–water partition coefficient (Wildman–Crippen LogP) is 4.98. The van der Waals surface area contributed by atoms with E-state index >= 15 is 0 Å². The Morgan fingerprint density at radius 1 is 0.562 bits per heavy atom. The normalized spacial score (nSPS) is 28.3. The molecule has 2 aliphatic rings. The minimum absolute atomic E-state index is 0.137. The largest absolute Gasteiger partial charge is 0.394 e. The van der Waals surface area contributed by atoms with Crippen molar-refractivity contribution in [1.29, 1.82) is 0 Å². The molecule has 12 unspecified atom stereocenters. The molecule has 12 atom stereocenters. The average Bonchev–Trinajstić information content (AvgIpc) is 3.29. The topological polar surface area (TPSA) is 228 Å². The molecule has 2 heterocycles. The Morgan fingerprint density at radius 3 is 1.56 bits per heavy atom. The molecule has 64 heavy (non-hydrogen) atoms. The number of rotatable bonds is 32. The maximum absolute atomic E-state index is 13.1. The van der Waals surface area contributed by atoms with Gasteiger partial charge in [-0.3, -0.25) is 4.79 Å². The smallest absolute Gasteiger partial charge is 0.220 e. The number of nitrogens with one attached hydrogen (secondary N) is 1. The Balaban J connectivity index is 1.93. The fourth-order valence-electron chi connectivity index (χ4n) is 6.64. The van der Waals surface area contributed by atoms with Gasteiger partial charge in [0.25, 0.3) is 0 Å². The lowest BCUT2D eigenvalue weighted by atomic mass is 9.97. The van der Waals surface area contributed by atoms with Crippen molar-refractivity contribution in [2.45, 2.75) is 177 Å². The Labute approximate surface area is 381 Å². The van der Waals surface area contributed by atoms with E-state index in [0.717, 1.165) is 70.6 Å². The number of unbranched alkanes of at least 4 members (excludes halogenated alkanes) is 3. The quantitative estimate of drug-likeness (QED) is 0.0321. The van der Waals surface area contributed by atoms with Crippen LogP contribution in [0, 0.1) is 0 Å². The first-order valence-electron chi connectivity index (χ1n) is 23.1. The zero-order valence-electron chi connectivity index (χ0n) is 38.0. The summed E-state index contributed by atoms with van der Waals surface area (Å²) in [6.07, 6.45) is 31.6. The van der Waals surface area contributed by atoms with Gasteiger partial charge in [-0.15, -0.1) is 0 Å². The number of aliphatic hydroxyl groups excluding tert-OH is 8. The average molecular weight is 902 g/mol. The van der Waals surface area contributed by atoms with Crippen LogP contribution in [0.2, 0.25) is 0 Å². The van der Waals surface area contributed by atoms with Crippen molar-refractivity contribution in [3.63, 3.8) is 0 Å². The third-order valence-electron chi connectivity index (χ3n) is 10.4. The zero-order chi connectivity index (χ0) is 46.8. The van der Waals surface area contributed by atoms with Crippen LogP contribution in [0.5, 0.6) is 0 Å². The molecule has 14 heteroatoms. The van der Waals surface area contributed by atoms with Crippen molar-refractivity contribution in [2.75, 3.05) is 19.8 Å². The SMILES string of the molecule is CC/C=C\C/C=C\C/C=C\C/C=C\C/C=C\C/C=C\CCC(=O)NC(COC1OC(CO)C(OC2OC(CO)C(O)C(O)C2O)C(O)C1O)C(O)/C=C/CC/C=C/CC/C=C/CCC. The molecule has 0 aromatic heterocycles. The maximum atomic E-state index is 13.1. The number of carbonyl (C=O) groups is 1. The molecule has 0 bridgehead atoms. The molecule has 362 valence electrons. The van der Waals surface area contributed by atoms with Crippen LogP contribution in [0.3, 0.4) is 0 Å². The molecule has 0 spiro atoms. The van der Waals surface area contributed by atoms with Gasteiger partial charge in [-0.2, -0.15) is 0 Å². The van der Waals surface area contributed by atoms with Crippen LogP contribution in [0.1, 0.15) is 104 Å². The highest BCUT2D eigenvalue weighted by Gasteiger charge is 2.50. The van der Waals surface area contributed by atoms with E-state index in [-0.39, 0.29) is 18.9 Å². The summed E-state index contributed by atoms with van der Waals surface area (Å²) in [4.78, 5) is 13.1. The second kappa shape index (κ2) is 35.9. The summed E-state index contributed by atoms with van der Waals surface area (Å²) in [6, 6.07) is -0.983. The van der Waals surface area contributed by atoms with E-state index in [1.807, 2.05) is 18.2 Å². The molecule has 0 aromatic rings. The highest BCUT2D eigenvalue weighted by molar-refractivity contribution is 5.76. The van der Waals surface area contributed by atoms with Crippen LogP contribution in [0.25, 0.3) is 0 Å². The van der Waals surface area contributed by atoms with Gasteiger partial charge in [-0.25, -0.2) is 0 Å².